The van der Waals surface area contributed by atoms with Crippen molar-refractivity contribution in [1.82, 2.24) is 29.4 Å². The number of aromatic nitrogens is 4. The number of likely N-dealkylation sites (N-methyl/N-ethyl adjacent to an activating group) is 1. The summed E-state index contributed by atoms with van der Waals surface area (Å²) in [6, 6.07) is 1.70. The molecule has 0 atom stereocenters. The lowest BCUT2D eigenvalue weighted by atomic mass is 10.3. The van der Waals surface area contributed by atoms with E-state index in [2.05, 4.69) is 15.1 Å². The summed E-state index contributed by atoms with van der Waals surface area (Å²) in [6.07, 6.45) is -4.62. The van der Waals surface area contributed by atoms with Crippen molar-refractivity contribution < 1.29 is 18.0 Å². The van der Waals surface area contributed by atoms with Gasteiger partial charge in [-0.2, -0.15) is 22.7 Å². The van der Waals surface area contributed by atoms with Gasteiger partial charge in [-0.05, 0) is 6.92 Å². The third kappa shape index (κ3) is 3.71. The largest absolute Gasteiger partial charge is 0.453 e. The normalized spacial score (nSPS) is 16.3. The Labute approximate surface area is 148 Å². The first kappa shape index (κ1) is 18.4. The molecular weight excluding hydrogens is 351 g/mol. The number of alkyl halides is 3. The number of halogens is 3. The van der Waals surface area contributed by atoms with Gasteiger partial charge in [-0.25, -0.2) is 4.98 Å². The van der Waals surface area contributed by atoms with E-state index in [0.29, 0.717) is 44.2 Å². The van der Waals surface area contributed by atoms with E-state index in [1.54, 1.807) is 27.1 Å². The fourth-order valence-corrected chi connectivity index (χ4v) is 2.78. The first-order valence-electron chi connectivity index (χ1n) is 8.14. The number of anilines is 1. The Kier molecular flexibility index (Phi) is 4.74. The van der Waals surface area contributed by atoms with Crippen LogP contribution in [-0.4, -0.2) is 82.1 Å². The van der Waals surface area contributed by atoms with Gasteiger partial charge in [0, 0.05) is 52.0 Å². The zero-order valence-corrected chi connectivity index (χ0v) is 14.8. The molecule has 0 spiro atoms. The van der Waals surface area contributed by atoms with Crippen LogP contribution in [0, 0.1) is 6.92 Å². The number of hydrogen-bond donors (Lipinski definition) is 0. The minimum atomic E-state index is -4.62. The van der Waals surface area contributed by atoms with Crippen LogP contribution < -0.4 is 4.90 Å². The molecule has 1 amide bonds. The van der Waals surface area contributed by atoms with Crippen LogP contribution in [-0.2, 0) is 11.0 Å². The predicted octanol–water partition coefficient (Wildman–Crippen LogP) is 0.662. The molecule has 3 heterocycles. The van der Waals surface area contributed by atoms with Crippen LogP contribution in [0.3, 0.4) is 0 Å². The van der Waals surface area contributed by atoms with Gasteiger partial charge in [0.05, 0.1) is 6.54 Å². The molecule has 1 fully saturated rings. The molecule has 11 heteroatoms. The zero-order chi connectivity index (χ0) is 19.1. The maximum atomic E-state index is 12.9. The molecule has 1 saturated heterocycles. The minimum Gasteiger partial charge on any atom is -0.354 e. The standard InChI is InChI=1S/C15H20F3N7O/c1-10-8-11(25-14(19-10)20-13(21-25)15(16,17)18)24-6-4-23(5-7-24)9-12(26)22(2)3/h8H,4-7,9H2,1-3H3. The monoisotopic (exact) mass is 371 g/mol. The van der Waals surface area contributed by atoms with Crippen molar-refractivity contribution >= 4 is 17.5 Å². The molecule has 1 aliphatic heterocycles. The van der Waals surface area contributed by atoms with Crippen molar-refractivity contribution in [3.05, 3.63) is 17.6 Å². The molecule has 0 aliphatic carbocycles. The summed E-state index contributed by atoms with van der Waals surface area (Å²) in [7, 11) is 3.41. The van der Waals surface area contributed by atoms with Gasteiger partial charge in [0.1, 0.15) is 5.82 Å². The summed E-state index contributed by atoms with van der Waals surface area (Å²) in [6.45, 7) is 4.43. The number of aryl methyl sites for hydroxylation is 1. The fourth-order valence-electron chi connectivity index (χ4n) is 2.78. The predicted molar refractivity (Wildman–Crippen MR) is 87.9 cm³/mol. The zero-order valence-electron chi connectivity index (χ0n) is 14.8. The lowest BCUT2D eigenvalue weighted by Gasteiger charge is -2.35. The highest BCUT2D eigenvalue weighted by Gasteiger charge is 2.37. The van der Waals surface area contributed by atoms with Gasteiger partial charge in [-0.1, -0.05) is 0 Å². The summed E-state index contributed by atoms with van der Waals surface area (Å²) in [5.41, 5.74) is 0.568. The van der Waals surface area contributed by atoms with Crippen molar-refractivity contribution in [3.63, 3.8) is 0 Å². The summed E-state index contributed by atoms with van der Waals surface area (Å²) in [5, 5.41) is 3.59. The molecule has 0 aromatic carbocycles. The van der Waals surface area contributed by atoms with E-state index in [-0.39, 0.29) is 11.7 Å². The van der Waals surface area contributed by atoms with E-state index in [9.17, 15) is 18.0 Å². The van der Waals surface area contributed by atoms with Gasteiger partial charge < -0.3 is 9.80 Å². The molecule has 0 bridgehead atoms. The molecule has 3 rings (SSSR count). The highest BCUT2D eigenvalue weighted by Crippen LogP contribution is 2.28. The van der Waals surface area contributed by atoms with Gasteiger partial charge >= 0.3 is 6.18 Å². The van der Waals surface area contributed by atoms with Crippen molar-refractivity contribution in [2.75, 3.05) is 51.7 Å². The molecule has 2 aromatic heterocycles. The van der Waals surface area contributed by atoms with Crippen LogP contribution in [0.25, 0.3) is 5.78 Å². The Bertz CT molecular complexity index is 809. The molecule has 0 unspecified atom stereocenters. The number of fused-ring (bicyclic) bond motifs is 1. The smallest absolute Gasteiger partial charge is 0.354 e. The highest BCUT2D eigenvalue weighted by molar-refractivity contribution is 5.77. The van der Waals surface area contributed by atoms with Crippen molar-refractivity contribution in [2.45, 2.75) is 13.1 Å². The molecule has 0 N–H and O–H groups in total. The van der Waals surface area contributed by atoms with Gasteiger partial charge in [0.2, 0.25) is 5.91 Å². The molecule has 8 nitrogen and oxygen atoms in total. The third-order valence-corrected chi connectivity index (χ3v) is 4.23. The van der Waals surface area contributed by atoms with E-state index in [4.69, 9.17) is 0 Å². The average molecular weight is 371 g/mol. The first-order chi connectivity index (χ1) is 12.1. The molecule has 142 valence electrons. The Morgan fingerprint density at radius 1 is 1.19 bits per heavy atom. The van der Waals surface area contributed by atoms with Gasteiger partial charge in [0.25, 0.3) is 11.6 Å². The number of carbonyl (C=O) groups excluding carboxylic acids is 1. The molecule has 0 saturated carbocycles. The fraction of sp³-hybridized carbons (Fsp3) is 0.600. The summed E-state index contributed by atoms with van der Waals surface area (Å²) >= 11 is 0. The first-order valence-corrected chi connectivity index (χ1v) is 8.14. The van der Waals surface area contributed by atoms with Crippen LogP contribution in [0.5, 0.6) is 0 Å². The van der Waals surface area contributed by atoms with E-state index in [0.717, 1.165) is 4.52 Å². The van der Waals surface area contributed by atoms with Crippen molar-refractivity contribution in [2.24, 2.45) is 0 Å². The summed E-state index contributed by atoms with van der Waals surface area (Å²) < 4.78 is 39.9. The topological polar surface area (TPSA) is 69.9 Å². The minimum absolute atomic E-state index is 0.0201. The Balaban J connectivity index is 1.81. The van der Waals surface area contributed by atoms with Gasteiger partial charge in [-0.15, -0.1) is 5.10 Å². The Morgan fingerprint density at radius 2 is 1.85 bits per heavy atom. The van der Waals surface area contributed by atoms with E-state index in [1.165, 1.54) is 4.90 Å². The molecule has 26 heavy (non-hydrogen) atoms. The number of carbonyl (C=O) groups is 1. The lowest BCUT2D eigenvalue weighted by molar-refractivity contribution is -0.144. The lowest BCUT2D eigenvalue weighted by Crippen LogP contribution is -2.49. The van der Waals surface area contributed by atoms with Crippen molar-refractivity contribution in [3.8, 4) is 0 Å². The van der Waals surface area contributed by atoms with E-state index in [1.807, 2.05) is 9.80 Å². The van der Waals surface area contributed by atoms with Crippen LogP contribution in [0.2, 0.25) is 0 Å². The number of hydrogen-bond acceptors (Lipinski definition) is 6. The Morgan fingerprint density at radius 3 is 2.42 bits per heavy atom. The number of nitrogens with zero attached hydrogens (tertiary/aromatic N) is 7. The molecule has 1 aliphatic rings. The molecule has 2 aromatic rings. The second kappa shape index (κ2) is 6.71. The number of rotatable bonds is 3. The number of amides is 1. The van der Waals surface area contributed by atoms with E-state index >= 15 is 0 Å². The van der Waals surface area contributed by atoms with Crippen LogP contribution in [0.15, 0.2) is 6.07 Å². The second-order valence-corrected chi connectivity index (χ2v) is 6.45. The van der Waals surface area contributed by atoms with Crippen LogP contribution in [0.4, 0.5) is 19.0 Å². The van der Waals surface area contributed by atoms with Gasteiger partial charge in [0.15, 0.2) is 0 Å². The summed E-state index contributed by atoms with van der Waals surface area (Å²) in [5.74, 6) is -0.731. The SMILES string of the molecule is Cc1cc(N2CCN(CC(=O)N(C)C)CC2)n2nc(C(F)(F)F)nc2n1. The van der Waals surface area contributed by atoms with E-state index < -0.39 is 12.0 Å². The van der Waals surface area contributed by atoms with Crippen LogP contribution >= 0.6 is 0 Å². The van der Waals surface area contributed by atoms with Crippen LogP contribution in [0.1, 0.15) is 11.5 Å². The maximum absolute atomic E-state index is 12.9. The quantitative estimate of drug-likeness (QED) is 0.790. The van der Waals surface area contributed by atoms with Crippen molar-refractivity contribution in [1.29, 1.82) is 0 Å². The van der Waals surface area contributed by atoms with Gasteiger partial charge in [-0.3, -0.25) is 9.69 Å². The highest BCUT2D eigenvalue weighted by atomic mass is 19.4. The third-order valence-electron chi connectivity index (χ3n) is 4.23. The summed E-state index contributed by atoms with van der Waals surface area (Å²) in [4.78, 5) is 24.9. The Hall–Kier alpha value is -2.43. The molecular formula is C15H20F3N7O. The average Bonchev–Trinajstić information content (AvgIpc) is 2.99. The maximum Gasteiger partial charge on any atom is 0.453 e. The number of piperazine rings is 1. The molecule has 0 radical (unpaired) electrons. The second-order valence-electron chi connectivity index (χ2n) is 6.45.